The number of nitrogens with one attached hydrogen (secondary N) is 2. The van der Waals surface area contributed by atoms with E-state index < -0.39 is 66.7 Å². The Bertz CT molecular complexity index is 2750. The Morgan fingerprint density at radius 2 is 1.55 bits per heavy atom. The van der Waals surface area contributed by atoms with Crippen molar-refractivity contribution in [1.82, 2.24) is 9.62 Å². The first-order chi connectivity index (χ1) is 31.6. The number of nitrogens with zero attached hydrogens (tertiary/aromatic N) is 2. The topological polar surface area (TPSA) is 203 Å². The number of anilines is 2. The van der Waals surface area contributed by atoms with Gasteiger partial charge in [-0.2, -0.15) is 13.2 Å². The van der Waals surface area contributed by atoms with Crippen LogP contribution in [-0.2, 0) is 28.9 Å². The highest BCUT2D eigenvalue weighted by atomic mass is 35.5. The summed E-state index contributed by atoms with van der Waals surface area (Å²) in [5, 5.41) is 15.0. The molecule has 0 bridgehead atoms. The fourth-order valence-electron chi connectivity index (χ4n) is 7.51. The molecule has 67 heavy (non-hydrogen) atoms. The van der Waals surface area contributed by atoms with E-state index in [1.54, 1.807) is 66.5 Å². The molecule has 0 aliphatic carbocycles. The summed E-state index contributed by atoms with van der Waals surface area (Å²) in [7, 11) is -14.2. The van der Waals surface area contributed by atoms with Crippen LogP contribution >= 0.6 is 31.2 Å². The molecule has 0 spiro atoms. The number of likely N-dealkylation sites (N-methyl/N-ethyl adjacent to an activating group) is 1. The fraction of sp³-hybridized carbons (Fsp3) is 0.311. The van der Waals surface area contributed by atoms with E-state index in [0.717, 1.165) is 39.4 Å². The lowest BCUT2D eigenvalue weighted by atomic mass is 9.84. The number of thioether (sulfide) groups is 1. The summed E-state index contributed by atoms with van der Waals surface area (Å²) < 4.78 is 113. The molecule has 360 valence electrons. The molecular weight excluding hydrogens is 976 g/mol. The highest BCUT2D eigenvalue weighted by Gasteiger charge is 2.48. The Kier molecular flexibility index (Phi) is 17.3. The number of sulfonamides is 1. The van der Waals surface area contributed by atoms with Crippen LogP contribution in [0.2, 0.25) is 5.02 Å². The summed E-state index contributed by atoms with van der Waals surface area (Å²) in [6, 6.07) is 31.5. The summed E-state index contributed by atoms with van der Waals surface area (Å²) in [4.78, 5) is 33.5. The summed E-state index contributed by atoms with van der Waals surface area (Å²) in [5.41, 5.74) is -3.06. The zero-order valence-corrected chi connectivity index (χ0v) is 40.0. The van der Waals surface area contributed by atoms with E-state index >= 15 is 0 Å². The number of benzene rings is 5. The van der Waals surface area contributed by atoms with Crippen LogP contribution in [0.15, 0.2) is 136 Å². The number of halogens is 4. The smallest absolute Gasteiger partial charge is 0.388 e. The highest BCUT2D eigenvalue weighted by molar-refractivity contribution is 7.99. The van der Waals surface area contributed by atoms with Crippen LogP contribution < -0.4 is 14.9 Å². The van der Waals surface area contributed by atoms with Crippen molar-refractivity contribution in [3.05, 3.63) is 137 Å². The average molecular weight is 1030 g/mol. The van der Waals surface area contributed by atoms with Crippen LogP contribution in [0.5, 0.6) is 0 Å². The molecule has 0 unspecified atom stereocenters. The Balaban J connectivity index is 1.13. The maximum Gasteiger partial charge on any atom is 0.501 e. The minimum Gasteiger partial charge on any atom is -0.388 e. The van der Waals surface area contributed by atoms with Crippen LogP contribution in [-0.4, -0.2) is 99.7 Å². The van der Waals surface area contributed by atoms with Gasteiger partial charge in [0.25, 0.3) is 25.8 Å². The molecule has 1 saturated heterocycles. The molecule has 1 amide bonds. The van der Waals surface area contributed by atoms with Gasteiger partial charge in [-0.05, 0) is 122 Å². The number of aliphatic hydroxyl groups is 1. The standard InChI is InChI=1S/C45H49ClF3N4O10PS3/c1-52(27-28-63-64(56,57)58)24-23-35(30-65-37-7-3-2-4-8-37)50-41-20-19-38(29-42(41)66(59,60)45(47,48)49)67(61,62)51-44(55)33-13-17-36(18-14-33)53-25-21-32(22-26-53)43(54)40-10-6-5-9-39(40)31-11-15-34(46)16-12-31/h2-20,29,32,35,43,50,54H,21-28,30H2,1H3,(H,51,55)(H2,56,57,58)/t35-,43+/m1/s1. The van der Waals surface area contributed by atoms with Gasteiger partial charge >= 0.3 is 13.3 Å². The second-order valence-electron chi connectivity index (χ2n) is 15.8. The molecule has 1 fully saturated rings. The van der Waals surface area contributed by atoms with Crippen molar-refractivity contribution in [2.45, 2.75) is 51.6 Å². The Morgan fingerprint density at radius 3 is 2.19 bits per heavy atom. The minimum absolute atomic E-state index is 0.0407. The third-order valence-electron chi connectivity index (χ3n) is 11.1. The van der Waals surface area contributed by atoms with Gasteiger partial charge in [-0.15, -0.1) is 11.8 Å². The monoisotopic (exact) mass is 1020 g/mol. The van der Waals surface area contributed by atoms with Crippen LogP contribution in [0.1, 0.15) is 41.3 Å². The molecule has 1 aliphatic rings. The first kappa shape index (κ1) is 51.9. The van der Waals surface area contributed by atoms with Crippen molar-refractivity contribution < 1.29 is 58.8 Å². The molecule has 14 nitrogen and oxygen atoms in total. The van der Waals surface area contributed by atoms with Crippen LogP contribution in [0.3, 0.4) is 0 Å². The fourth-order valence-corrected chi connectivity index (χ4v) is 11.0. The molecule has 1 heterocycles. The minimum atomic E-state index is -6.16. The van der Waals surface area contributed by atoms with Gasteiger partial charge < -0.3 is 30.0 Å². The van der Waals surface area contributed by atoms with Crippen molar-refractivity contribution in [1.29, 1.82) is 0 Å². The molecule has 5 N–H and O–H groups in total. The van der Waals surface area contributed by atoms with Gasteiger partial charge in [-0.25, -0.2) is 26.1 Å². The number of carbonyl (C=O) groups excluding carboxylic acids is 1. The Morgan fingerprint density at radius 1 is 0.910 bits per heavy atom. The van der Waals surface area contributed by atoms with Gasteiger partial charge in [0.15, 0.2) is 0 Å². The van der Waals surface area contributed by atoms with E-state index in [9.17, 15) is 44.5 Å². The SMILES string of the molecule is CN(CCOP(=O)(O)O)CC[C@H](CSc1ccccc1)Nc1ccc(S(=O)(=O)NC(=O)c2ccc(N3CCC([C@H](O)c4ccccc4-c4ccc(Cl)cc4)CC3)cc2)cc1S(=O)(=O)C(F)(F)F. The molecule has 5 aromatic rings. The summed E-state index contributed by atoms with van der Waals surface area (Å²) in [5.74, 6) is -0.941. The molecule has 1 aliphatic heterocycles. The molecule has 6 rings (SSSR count). The van der Waals surface area contributed by atoms with Gasteiger partial charge in [-0.3, -0.25) is 9.32 Å². The molecule has 22 heteroatoms. The first-order valence-electron chi connectivity index (χ1n) is 20.8. The summed E-state index contributed by atoms with van der Waals surface area (Å²) >= 11 is 7.41. The summed E-state index contributed by atoms with van der Waals surface area (Å²) in [6.07, 6.45) is 0.773. The number of piperidine rings is 1. The van der Waals surface area contributed by atoms with E-state index in [2.05, 4.69) is 14.7 Å². The second kappa shape index (κ2) is 22.3. The molecule has 0 aromatic heterocycles. The number of hydrogen-bond donors (Lipinski definition) is 5. The number of rotatable bonds is 20. The van der Waals surface area contributed by atoms with Crippen LogP contribution in [0.25, 0.3) is 11.1 Å². The van der Waals surface area contributed by atoms with E-state index in [4.69, 9.17) is 21.4 Å². The lowest BCUT2D eigenvalue weighted by Gasteiger charge is -2.36. The highest BCUT2D eigenvalue weighted by Crippen LogP contribution is 2.39. The molecule has 0 radical (unpaired) electrons. The quantitative estimate of drug-likeness (QED) is 0.0368. The van der Waals surface area contributed by atoms with Crippen molar-refractivity contribution in [2.75, 3.05) is 55.8 Å². The van der Waals surface area contributed by atoms with Gasteiger partial charge in [0.05, 0.1) is 23.3 Å². The third kappa shape index (κ3) is 14.1. The third-order valence-corrected chi connectivity index (χ3v) is 15.9. The lowest BCUT2D eigenvalue weighted by molar-refractivity contribution is -0.0436. The number of aliphatic hydroxyl groups excluding tert-OH is 1. The normalized spacial score (nSPS) is 15.0. The predicted octanol–water partition coefficient (Wildman–Crippen LogP) is 8.37. The molecular formula is C45H49ClF3N4O10PS3. The number of carbonyl (C=O) groups is 1. The maximum absolute atomic E-state index is 14.2. The zero-order valence-electron chi connectivity index (χ0n) is 35.9. The van der Waals surface area contributed by atoms with Crippen molar-refractivity contribution in [2.24, 2.45) is 5.92 Å². The van der Waals surface area contributed by atoms with E-state index in [1.165, 1.54) is 23.9 Å². The average Bonchev–Trinajstić information content (AvgIpc) is 3.29. The van der Waals surface area contributed by atoms with Gasteiger partial charge in [0.1, 0.15) is 4.90 Å². The number of amides is 1. The number of sulfone groups is 1. The Labute approximate surface area is 396 Å². The molecule has 5 aromatic carbocycles. The largest absolute Gasteiger partial charge is 0.501 e. The second-order valence-corrected chi connectivity index (χ2v) is 22.2. The van der Waals surface area contributed by atoms with Crippen molar-refractivity contribution >= 4 is 68.3 Å². The Hall–Kier alpha value is -4.47. The van der Waals surface area contributed by atoms with Gasteiger partial charge in [0, 0.05) is 52.6 Å². The van der Waals surface area contributed by atoms with E-state index in [0.29, 0.717) is 37.0 Å². The predicted molar refractivity (Wildman–Crippen MR) is 252 cm³/mol. The lowest BCUT2D eigenvalue weighted by Crippen LogP contribution is -2.36. The van der Waals surface area contributed by atoms with Crippen molar-refractivity contribution in [3.8, 4) is 11.1 Å². The number of phosphoric acid groups is 1. The summed E-state index contributed by atoms with van der Waals surface area (Å²) in [6.45, 7) is 1.15. The van der Waals surface area contributed by atoms with Crippen LogP contribution in [0.4, 0.5) is 24.5 Å². The molecule has 2 atom stereocenters. The number of alkyl halides is 3. The van der Waals surface area contributed by atoms with E-state index in [-0.39, 0.29) is 43.4 Å². The van der Waals surface area contributed by atoms with Crippen LogP contribution in [0, 0.1) is 5.92 Å². The van der Waals surface area contributed by atoms with Crippen molar-refractivity contribution in [3.63, 3.8) is 0 Å². The van der Waals surface area contributed by atoms with Gasteiger partial charge in [0.2, 0.25) is 0 Å². The van der Waals surface area contributed by atoms with Gasteiger partial charge in [-0.1, -0.05) is 66.2 Å². The zero-order chi connectivity index (χ0) is 48.6. The number of phosphoric ester groups is 1. The number of hydrogen-bond acceptors (Lipinski definition) is 12. The maximum atomic E-state index is 14.2. The molecule has 0 saturated carbocycles. The first-order valence-corrected chi connectivity index (χ1v) is 26.7. The van der Waals surface area contributed by atoms with E-state index in [1.807, 2.05) is 41.1 Å².